The topological polar surface area (TPSA) is 64.7 Å². The van der Waals surface area contributed by atoms with Gasteiger partial charge in [-0.2, -0.15) is 10.2 Å². The minimum absolute atomic E-state index is 0.150. The van der Waals surface area contributed by atoms with Crippen LogP contribution in [-0.4, -0.2) is 25.5 Å². The van der Waals surface area contributed by atoms with Crippen LogP contribution in [0.3, 0.4) is 0 Å². The summed E-state index contributed by atoms with van der Waals surface area (Å²) in [5.74, 6) is -0.242. The van der Waals surface area contributed by atoms with Crippen LogP contribution < -0.4 is 5.32 Å². The van der Waals surface area contributed by atoms with Crippen LogP contribution in [0.4, 0.5) is 0 Å². The molecule has 0 aromatic carbocycles. The van der Waals surface area contributed by atoms with Gasteiger partial charge < -0.3 is 5.32 Å². The summed E-state index contributed by atoms with van der Waals surface area (Å²) in [6.45, 7) is 5.60. The zero-order valence-electron chi connectivity index (χ0n) is 12.2. The molecule has 0 spiro atoms. The van der Waals surface area contributed by atoms with Gasteiger partial charge >= 0.3 is 0 Å². The van der Waals surface area contributed by atoms with Gasteiger partial charge in [-0.1, -0.05) is 11.6 Å². The van der Waals surface area contributed by atoms with Crippen LogP contribution in [0, 0.1) is 13.8 Å². The molecule has 1 atom stereocenters. The van der Waals surface area contributed by atoms with E-state index in [-0.39, 0.29) is 11.9 Å². The molecule has 0 radical (unpaired) electrons. The highest BCUT2D eigenvalue weighted by Crippen LogP contribution is 2.21. The predicted octanol–water partition coefficient (Wildman–Crippen LogP) is 1.91. The van der Waals surface area contributed by atoms with Crippen molar-refractivity contribution in [3.05, 3.63) is 33.9 Å². The molecule has 1 N–H and O–H groups in total. The highest BCUT2D eigenvalue weighted by atomic mass is 35.5. The van der Waals surface area contributed by atoms with Crippen molar-refractivity contribution in [3.63, 3.8) is 0 Å². The first-order chi connectivity index (χ1) is 9.31. The Morgan fingerprint density at radius 2 is 1.95 bits per heavy atom. The molecule has 108 valence electrons. The van der Waals surface area contributed by atoms with E-state index in [1.54, 1.807) is 18.7 Å². The van der Waals surface area contributed by atoms with Gasteiger partial charge in [-0.3, -0.25) is 14.2 Å². The number of hydrogen-bond acceptors (Lipinski definition) is 3. The monoisotopic (exact) mass is 295 g/mol. The van der Waals surface area contributed by atoms with E-state index < -0.39 is 0 Å². The zero-order valence-corrected chi connectivity index (χ0v) is 13.0. The Bertz CT molecular complexity index is 658. The first-order valence-corrected chi connectivity index (χ1v) is 6.69. The van der Waals surface area contributed by atoms with Gasteiger partial charge in [0.2, 0.25) is 0 Å². The molecule has 7 heteroatoms. The smallest absolute Gasteiger partial charge is 0.271 e. The minimum atomic E-state index is -0.242. The van der Waals surface area contributed by atoms with Gasteiger partial charge in [-0.25, -0.2) is 0 Å². The molecular weight excluding hydrogens is 278 g/mol. The summed E-state index contributed by atoms with van der Waals surface area (Å²) in [6, 6.07) is -0.150. The lowest BCUT2D eigenvalue weighted by Crippen LogP contribution is -2.28. The van der Waals surface area contributed by atoms with Gasteiger partial charge in [-0.05, 0) is 20.8 Å². The maximum Gasteiger partial charge on any atom is 0.271 e. The van der Waals surface area contributed by atoms with Crippen LogP contribution in [0.2, 0.25) is 5.02 Å². The van der Waals surface area contributed by atoms with Crippen LogP contribution in [0.25, 0.3) is 0 Å². The van der Waals surface area contributed by atoms with Crippen molar-refractivity contribution in [2.45, 2.75) is 26.8 Å². The van der Waals surface area contributed by atoms with E-state index in [9.17, 15) is 4.79 Å². The Hall–Kier alpha value is -1.82. The van der Waals surface area contributed by atoms with E-state index in [1.165, 1.54) is 4.68 Å². The molecular formula is C13H18ClN5O. The molecule has 1 unspecified atom stereocenters. The lowest BCUT2D eigenvalue weighted by Gasteiger charge is -2.13. The number of halogens is 1. The molecule has 2 rings (SSSR count). The van der Waals surface area contributed by atoms with E-state index in [0.717, 1.165) is 11.3 Å². The number of carbonyl (C=O) groups excluding carboxylic acids is 1. The number of amides is 1. The molecule has 1 amide bonds. The van der Waals surface area contributed by atoms with Crippen molar-refractivity contribution in [3.8, 4) is 0 Å². The Morgan fingerprint density at radius 1 is 1.30 bits per heavy atom. The first-order valence-electron chi connectivity index (χ1n) is 6.31. The van der Waals surface area contributed by atoms with Crippen LogP contribution in [0.1, 0.15) is 40.4 Å². The third-order valence-electron chi connectivity index (χ3n) is 3.23. The number of carbonyl (C=O) groups is 1. The standard InChI is InChI=1S/C13H18ClN5O/c1-7(10-6-18(4)16-8(10)2)15-13(20)12-11(14)9(3)17-19(12)5/h6-7H,1-5H3,(H,15,20). The lowest BCUT2D eigenvalue weighted by atomic mass is 10.1. The first kappa shape index (κ1) is 14.6. The van der Waals surface area contributed by atoms with Gasteiger partial charge in [-0.15, -0.1) is 0 Å². The van der Waals surface area contributed by atoms with Crippen molar-refractivity contribution < 1.29 is 4.79 Å². The number of aromatic nitrogens is 4. The second-order valence-corrected chi connectivity index (χ2v) is 5.29. The third-order valence-corrected chi connectivity index (χ3v) is 3.68. The second kappa shape index (κ2) is 5.28. The van der Waals surface area contributed by atoms with Gasteiger partial charge in [0.05, 0.1) is 22.5 Å². The molecule has 0 aliphatic rings. The normalized spacial score (nSPS) is 12.5. The average molecular weight is 296 g/mol. The molecule has 0 bridgehead atoms. The largest absolute Gasteiger partial charge is 0.344 e. The third kappa shape index (κ3) is 2.56. The van der Waals surface area contributed by atoms with Crippen molar-refractivity contribution in [2.24, 2.45) is 14.1 Å². The van der Waals surface area contributed by atoms with E-state index in [0.29, 0.717) is 16.4 Å². The molecule has 2 aromatic heterocycles. The number of rotatable bonds is 3. The quantitative estimate of drug-likeness (QED) is 0.941. The van der Waals surface area contributed by atoms with Gasteiger partial charge in [0.25, 0.3) is 5.91 Å². The van der Waals surface area contributed by atoms with E-state index in [4.69, 9.17) is 11.6 Å². The molecule has 0 aliphatic carbocycles. The summed E-state index contributed by atoms with van der Waals surface area (Å²) in [4.78, 5) is 12.3. The zero-order chi connectivity index (χ0) is 15.0. The summed E-state index contributed by atoms with van der Waals surface area (Å²) >= 11 is 6.11. The highest BCUT2D eigenvalue weighted by molar-refractivity contribution is 6.34. The predicted molar refractivity (Wildman–Crippen MR) is 76.8 cm³/mol. The number of aryl methyl sites for hydroxylation is 4. The fourth-order valence-electron chi connectivity index (χ4n) is 2.26. The van der Waals surface area contributed by atoms with E-state index in [1.807, 2.05) is 27.1 Å². The van der Waals surface area contributed by atoms with Crippen LogP contribution in [-0.2, 0) is 14.1 Å². The molecule has 0 fully saturated rings. The van der Waals surface area contributed by atoms with Crippen molar-refractivity contribution in [1.82, 2.24) is 24.9 Å². The fraction of sp³-hybridized carbons (Fsp3) is 0.462. The van der Waals surface area contributed by atoms with Crippen molar-refractivity contribution in [1.29, 1.82) is 0 Å². The second-order valence-electron chi connectivity index (χ2n) is 4.91. The summed E-state index contributed by atoms with van der Waals surface area (Å²) in [5.41, 5.74) is 2.89. The minimum Gasteiger partial charge on any atom is -0.344 e. The van der Waals surface area contributed by atoms with E-state index >= 15 is 0 Å². The Kier molecular flexibility index (Phi) is 3.85. The number of nitrogens with zero attached hydrogens (tertiary/aromatic N) is 4. The van der Waals surface area contributed by atoms with Crippen LogP contribution in [0.5, 0.6) is 0 Å². The number of hydrogen-bond donors (Lipinski definition) is 1. The van der Waals surface area contributed by atoms with Crippen molar-refractivity contribution >= 4 is 17.5 Å². The maximum atomic E-state index is 12.3. The molecule has 0 saturated carbocycles. The summed E-state index contributed by atoms with van der Waals surface area (Å²) in [7, 11) is 3.56. The summed E-state index contributed by atoms with van der Waals surface area (Å²) in [6.07, 6.45) is 1.90. The highest BCUT2D eigenvalue weighted by Gasteiger charge is 2.21. The maximum absolute atomic E-state index is 12.3. The van der Waals surface area contributed by atoms with Crippen LogP contribution >= 0.6 is 11.6 Å². The molecule has 6 nitrogen and oxygen atoms in total. The Balaban J connectivity index is 2.21. The molecule has 0 saturated heterocycles. The van der Waals surface area contributed by atoms with Gasteiger partial charge in [0, 0.05) is 25.9 Å². The lowest BCUT2D eigenvalue weighted by molar-refractivity contribution is 0.0930. The van der Waals surface area contributed by atoms with Crippen molar-refractivity contribution in [2.75, 3.05) is 0 Å². The summed E-state index contributed by atoms with van der Waals surface area (Å²) < 4.78 is 3.23. The van der Waals surface area contributed by atoms with E-state index in [2.05, 4.69) is 15.5 Å². The Morgan fingerprint density at radius 3 is 2.40 bits per heavy atom. The van der Waals surface area contributed by atoms with Crippen LogP contribution in [0.15, 0.2) is 6.20 Å². The molecule has 20 heavy (non-hydrogen) atoms. The molecule has 0 aliphatic heterocycles. The fourth-order valence-corrected chi connectivity index (χ4v) is 2.51. The average Bonchev–Trinajstić information content (AvgIpc) is 2.79. The Labute approximate surface area is 122 Å². The number of nitrogens with one attached hydrogen (secondary N) is 1. The SMILES string of the molecule is Cc1nn(C)cc1C(C)NC(=O)c1c(Cl)c(C)nn1C. The van der Waals surface area contributed by atoms with Gasteiger partial charge in [0.15, 0.2) is 0 Å². The molecule has 2 heterocycles. The molecule has 2 aromatic rings. The summed E-state index contributed by atoms with van der Waals surface area (Å²) in [5, 5.41) is 11.7. The van der Waals surface area contributed by atoms with Gasteiger partial charge in [0.1, 0.15) is 5.69 Å².